The molecule has 0 unspecified atom stereocenters. The molecule has 7 nitrogen and oxygen atoms in total. The number of ether oxygens (including phenoxy) is 1. The summed E-state index contributed by atoms with van der Waals surface area (Å²) in [5, 5.41) is 17.1. The van der Waals surface area contributed by atoms with Crippen LogP contribution in [0.5, 0.6) is 11.5 Å². The van der Waals surface area contributed by atoms with E-state index in [1.54, 1.807) is 6.07 Å². The van der Waals surface area contributed by atoms with Crippen molar-refractivity contribution in [2.45, 2.75) is 13.3 Å². The molecule has 0 saturated heterocycles. The van der Waals surface area contributed by atoms with Gasteiger partial charge in [-0.3, -0.25) is 9.67 Å². The van der Waals surface area contributed by atoms with Crippen molar-refractivity contribution in [2.75, 3.05) is 14.1 Å². The quantitative estimate of drug-likeness (QED) is 0.618. The van der Waals surface area contributed by atoms with Crippen molar-refractivity contribution in [1.82, 2.24) is 19.7 Å². The Bertz CT molecular complexity index is 1140. The summed E-state index contributed by atoms with van der Waals surface area (Å²) in [6.07, 6.45) is -0.126. The minimum atomic E-state index is -1.10. The van der Waals surface area contributed by atoms with E-state index in [-0.39, 0.29) is 33.3 Å². The van der Waals surface area contributed by atoms with Gasteiger partial charge in [-0.25, -0.2) is 13.6 Å². The van der Waals surface area contributed by atoms with E-state index in [0.29, 0.717) is 12.0 Å². The Morgan fingerprint density at radius 2 is 2.07 bits per heavy atom. The molecule has 3 rings (SSSR count). The predicted octanol–water partition coefficient (Wildman–Crippen LogP) is 4.20. The Morgan fingerprint density at radius 1 is 1.34 bits per heavy atom. The second kappa shape index (κ2) is 8.00. The number of hydrogen-bond acceptors (Lipinski definition) is 5. The molecule has 0 saturated carbocycles. The summed E-state index contributed by atoms with van der Waals surface area (Å²) in [6, 6.07) is 6.51. The minimum absolute atomic E-state index is 0.0186. The predicted molar refractivity (Wildman–Crippen MR) is 105 cm³/mol. The van der Waals surface area contributed by atoms with Crippen LogP contribution < -0.4 is 4.74 Å². The van der Waals surface area contributed by atoms with E-state index in [9.17, 15) is 18.7 Å². The second-order valence-corrected chi connectivity index (χ2v) is 6.74. The number of hydrogen-bond donors (Lipinski definition) is 2. The number of amides is 1. The largest absolute Gasteiger partial charge is 0.507 e. The summed E-state index contributed by atoms with van der Waals surface area (Å²) in [6.45, 7) is 1.84. The van der Waals surface area contributed by atoms with Gasteiger partial charge in [0.15, 0.2) is 22.2 Å². The lowest BCUT2D eigenvalue weighted by Gasteiger charge is -2.16. The summed E-state index contributed by atoms with van der Waals surface area (Å²) >= 11 is 5.17. The lowest BCUT2D eigenvalue weighted by Crippen LogP contribution is -2.25. The smallest absolute Gasteiger partial charge is 0.414 e. The van der Waals surface area contributed by atoms with Crippen LogP contribution in [-0.2, 0) is 6.42 Å². The Morgan fingerprint density at radius 3 is 2.72 bits per heavy atom. The third-order valence-electron chi connectivity index (χ3n) is 4.21. The number of rotatable bonds is 4. The molecule has 0 bridgehead atoms. The molecular weight excluding hydrogens is 402 g/mol. The monoisotopic (exact) mass is 420 g/mol. The van der Waals surface area contributed by atoms with Gasteiger partial charge in [0, 0.05) is 20.2 Å². The maximum absolute atomic E-state index is 14.4. The number of aryl methyl sites for hydroxylation is 1. The molecule has 2 N–H and O–H groups in total. The number of carbonyl (C=O) groups excluding carboxylic acids is 1. The Balaban J connectivity index is 2.17. The van der Waals surface area contributed by atoms with Crippen molar-refractivity contribution in [3.63, 3.8) is 0 Å². The van der Waals surface area contributed by atoms with E-state index in [1.807, 2.05) is 6.92 Å². The van der Waals surface area contributed by atoms with Crippen molar-refractivity contribution >= 4 is 18.3 Å². The molecule has 10 heteroatoms. The number of aromatic nitrogens is 3. The van der Waals surface area contributed by atoms with Gasteiger partial charge in [0.2, 0.25) is 0 Å². The highest BCUT2D eigenvalue weighted by Crippen LogP contribution is 2.36. The number of benzene rings is 2. The van der Waals surface area contributed by atoms with E-state index in [0.717, 1.165) is 6.07 Å². The fourth-order valence-corrected chi connectivity index (χ4v) is 2.95. The summed E-state index contributed by atoms with van der Waals surface area (Å²) in [5.41, 5.74) is 0.662. The molecule has 1 amide bonds. The minimum Gasteiger partial charge on any atom is -0.507 e. The molecule has 0 fully saturated rings. The number of carbonyl (C=O) groups is 1. The number of phenolic OH excluding ortho intramolecular Hbond substituents is 1. The van der Waals surface area contributed by atoms with Crippen LogP contribution >= 0.6 is 12.2 Å². The SMILES string of the molecule is CCc1cc(-c2n[nH]c(=S)n2-c2cccc(F)c2F)c(O)cc1OC(=O)N(C)C. The molecule has 1 aromatic heterocycles. The zero-order chi connectivity index (χ0) is 21.3. The third-order valence-corrected chi connectivity index (χ3v) is 4.48. The Kier molecular flexibility index (Phi) is 5.64. The van der Waals surface area contributed by atoms with E-state index in [2.05, 4.69) is 10.2 Å². The number of aromatic hydroxyl groups is 1. The maximum atomic E-state index is 14.4. The molecule has 0 aliphatic heterocycles. The first-order valence-electron chi connectivity index (χ1n) is 8.61. The van der Waals surface area contributed by atoms with Gasteiger partial charge in [0.05, 0.1) is 11.3 Å². The normalized spacial score (nSPS) is 10.8. The molecule has 0 aliphatic rings. The molecule has 3 aromatic rings. The molecule has 2 aromatic carbocycles. The van der Waals surface area contributed by atoms with Gasteiger partial charge in [-0.1, -0.05) is 13.0 Å². The molecule has 1 heterocycles. The van der Waals surface area contributed by atoms with Crippen molar-refractivity contribution in [3.05, 3.63) is 52.3 Å². The molecular formula is C19H18F2N4O3S. The molecule has 0 radical (unpaired) electrons. The fourth-order valence-electron chi connectivity index (χ4n) is 2.72. The molecule has 0 aliphatic carbocycles. The van der Waals surface area contributed by atoms with E-state index in [1.165, 1.54) is 41.8 Å². The lowest BCUT2D eigenvalue weighted by molar-refractivity contribution is 0.171. The van der Waals surface area contributed by atoms with E-state index in [4.69, 9.17) is 17.0 Å². The summed E-state index contributed by atoms with van der Waals surface area (Å²) in [5.74, 6) is -2.14. The van der Waals surface area contributed by atoms with Crippen molar-refractivity contribution in [1.29, 1.82) is 0 Å². The van der Waals surface area contributed by atoms with Crippen LogP contribution in [0.4, 0.5) is 13.6 Å². The molecule has 29 heavy (non-hydrogen) atoms. The average molecular weight is 420 g/mol. The summed E-state index contributed by atoms with van der Waals surface area (Å²) in [4.78, 5) is 13.1. The lowest BCUT2D eigenvalue weighted by atomic mass is 10.1. The summed E-state index contributed by atoms with van der Waals surface area (Å²) < 4.78 is 34.6. The number of nitrogens with zero attached hydrogens (tertiary/aromatic N) is 3. The zero-order valence-electron chi connectivity index (χ0n) is 15.9. The highest BCUT2D eigenvalue weighted by Gasteiger charge is 2.21. The van der Waals surface area contributed by atoms with Crippen LogP contribution in [0.3, 0.4) is 0 Å². The van der Waals surface area contributed by atoms with Crippen LogP contribution in [0.25, 0.3) is 17.1 Å². The second-order valence-electron chi connectivity index (χ2n) is 6.35. The van der Waals surface area contributed by atoms with E-state index >= 15 is 0 Å². The molecule has 152 valence electrons. The number of halogens is 2. The standard InChI is InChI=1S/C19H18F2N4O3S/c1-4-10-8-11(14(26)9-15(10)28-19(27)24(2)3)17-22-23-18(29)25(17)13-7-5-6-12(20)16(13)21/h5-9,26H,4H2,1-3H3,(H,23,29). The van der Waals surface area contributed by atoms with Crippen LogP contribution in [0.1, 0.15) is 12.5 Å². The first kappa shape index (κ1) is 20.5. The number of aromatic amines is 1. The topological polar surface area (TPSA) is 83.4 Å². The average Bonchev–Trinajstić information content (AvgIpc) is 3.05. The fraction of sp³-hybridized carbons (Fsp3) is 0.211. The van der Waals surface area contributed by atoms with Gasteiger partial charge in [-0.15, -0.1) is 0 Å². The highest BCUT2D eigenvalue weighted by molar-refractivity contribution is 7.71. The number of nitrogens with one attached hydrogen (secondary N) is 1. The van der Waals surface area contributed by atoms with Gasteiger partial charge >= 0.3 is 6.09 Å². The maximum Gasteiger partial charge on any atom is 0.414 e. The third kappa shape index (κ3) is 3.83. The highest BCUT2D eigenvalue weighted by atomic mass is 32.1. The van der Waals surface area contributed by atoms with Gasteiger partial charge in [0.25, 0.3) is 0 Å². The summed E-state index contributed by atoms with van der Waals surface area (Å²) in [7, 11) is 3.07. The first-order valence-corrected chi connectivity index (χ1v) is 9.02. The van der Waals surface area contributed by atoms with Gasteiger partial charge in [-0.2, -0.15) is 5.10 Å². The van der Waals surface area contributed by atoms with Crippen LogP contribution in [-0.4, -0.2) is 45.0 Å². The van der Waals surface area contributed by atoms with Gasteiger partial charge in [0.1, 0.15) is 11.5 Å². The van der Waals surface area contributed by atoms with Crippen LogP contribution in [0.2, 0.25) is 0 Å². The number of H-pyrrole nitrogens is 1. The van der Waals surface area contributed by atoms with Gasteiger partial charge < -0.3 is 14.7 Å². The Hall–Kier alpha value is -3.27. The molecule has 0 atom stereocenters. The Labute approximate surface area is 170 Å². The van der Waals surface area contributed by atoms with Gasteiger partial charge in [-0.05, 0) is 42.4 Å². The van der Waals surface area contributed by atoms with Crippen molar-refractivity contribution < 1.29 is 23.4 Å². The van der Waals surface area contributed by atoms with E-state index < -0.39 is 17.7 Å². The van der Waals surface area contributed by atoms with Crippen molar-refractivity contribution in [2.24, 2.45) is 0 Å². The number of phenols is 1. The van der Waals surface area contributed by atoms with Crippen molar-refractivity contribution in [3.8, 4) is 28.6 Å². The van der Waals surface area contributed by atoms with Crippen LogP contribution in [0, 0.1) is 16.4 Å². The first-order chi connectivity index (χ1) is 13.7. The van der Waals surface area contributed by atoms with Crippen LogP contribution in [0.15, 0.2) is 30.3 Å². The zero-order valence-corrected chi connectivity index (χ0v) is 16.7. The molecule has 0 spiro atoms.